The lowest BCUT2D eigenvalue weighted by Crippen LogP contribution is -2.40. The molecule has 1 aliphatic rings. The standard InChI is InChI=1S/C18H24N4OS/c1-12-15(13(2)20-18(19-12)24-4)7-8-17(23)22-11-10-21-9-5-6-16(21)14(22)3/h5-6,9,14H,7-8,10-11H2,1-4H3/t14-/m1/s1. The van der Waals surface area contributed by atoms with Crippen molar-refractivity contribution >= 4 is 17.7 Å². The summed E-state index contributed by atoms with van der Waals surface area (Å²) >= 11 is 1.55. The van der Waals surface area contributed by atoms with E-state index in [1.165, 1.54) is 5.69 Å². The molecule has 2 aromatic rings. The molecule has 0 aliphatic carbocycles. The van der Waals surface area contributed by atoms with E-state index in [-0.39, 0.29) is 11.9 Å². The van der Waals surface area contributed by atoms with Gasteiger partial charge in [0.05, 0.1) is 6.04 Å². The van der Waals surface area contributed by atoms with Gasteiger partial charge < -0.3 is 9.47 Å². The van der Waals surface area contributed by atoms with Crippen molar-refractivity contribution in [1.82, 2.24) is 19.4 Å². The van der Waals surface area contributed by atoms with E-state index in [0.717, 1.165) is 35.2 Å². The Balaban J connectivity index is 1.69. The maximum atomic E-state index is 12.7. The van der Waals surface area contributed by atoms with Gasteiger partial charge in [0.15, 0.2) is 5.16 Å². The lowest BCUT2D eigenvalue weighted by molar-refractivity contribution is -0.134. The molecule has 0 N–H and O–H groups in total. The van der Waals surface area contributed by atoms with Gasteiger partial charge in [-0.3, -0.25) is 4.79 Å². The lowest BCUT2D eigenvalue weighted by atomic mass is 10.0. The Hall–Kier alpha value is -1.82. The first-order valence-electron chi connectivity index (χ1n) is 8.34. The number of carbonyl (C=O) groups is 1. The van der Waals surface area contributed by atoms with Crippen LogP contribution in [0.25, 0.3) is 0 Å². The Morgan fingerprint density at radius 3 is 2.67 bits per heavy atom. The highest BCUT2D eigenvalue weighted by Gasteiger charge is 2.27. The third kappa shape index (κ3) is 3.20. The van der Waals surface area contributed by atoms with Gasteiger partial charge in [-0.25, -0.2) is 9.97 Å². The van der Waals surface area contributed by atoms with Crippen LogP contribution in [0.15, 0.2) is 23.5 Å². The number of aryl methyl sites for hydroxylation is 2. The second-order valence-corrected chi connectivity index (χ2v) is 7.02. The molecule has 0 radical (unpaired) electrons. The molecule has 5 nitrogen and oxygen atoms in total. The zero-order valence-corrected chi connectivity index (χ0v) is 15.6. The molecule has 1 amide bonds. The van der Waals surface area contributed by atoms with E-state index >= 15 is 0 Å². The Kier molecular flexibility index (Phi) is 4.94. The summed E-state index contributed by atoms with van der Waals surface area (Å²) in [5.74, 6) is 0.211. The normalized spacial score (nSPS) is 17.0. The summed E-state index contributed by atoms with van der Waals surface area (Å²) in [6.07, 6.45) is 5.28. The Morgan fingerprint density at radius 1 is 1.29 bits per heavy atom. The number of hydrogen-bond donors (Lipinski definition) is 0. The van der Waals surface area contributed by atoms with E-state index in [1.807, 2.05) is 25.0 Å². The van der Waals surface area contributed by atoms with E-state index in [1.54, 1.807) is 11.8 Å². The zero-order valence-electron chi connectivity index (χ0n) is 14.7. The van der Waals surface area contributed by atoms with Gasteiger partial charge in [-0.1, -0.05) is 11.8 Å². The highest BCUT2D eigenvalue weighted by Crippen LogP contribution is 2.26. The van der Waals surface area contributed by atoms with Crippen LogP contribution in [0.2, 0.25) is 0 Å². The third-order valence-corrected chi connectivity index (χ3v) is 5.38. The summed E-state index contributed by atoms with van der Waals surface area (Å²) in [6.45, 7) is 7.77. The molecule has 0 unspecified atom stereocenters. The van der Waals surface area contributed by atoms with Crippen LogP contribution in [0.3, 0.4) is 0 Å². The second-order valence-electron chi connectivity index (χ2n) is 6.25. The fourth-order valence-corrected chi connectivity index (χ4v) is 3.91. The maximum absolute atomic E-state index is 12.7. The molecule has 2 aromatic heterocycles. The highest BCUT2D eigenvalue weighted by molar-refractivity contribution is 7.98. The molecule has 0 aromatic carbocycles. The maximum Gasteiger partial charge on any atom is 0.223 e. The van der Waals surface area contributed by atoms with Crippen LogP contribution < -0.4 is 0 Å². The van der Waals surface area contributed by atoms with Gasteiger partial charge in [0.2, 0.25) is 5.91 Å². The molecule has 128 valence electrons. The molecule has 3 heterocycles. The van der Waals surface area contributed by atoms with E-state index in [4.69, 9.17) is 0 Å². The predicted molar refractivity (Wildman–Crippen MR) is 96.2 cm³/mol. The molecule has 1 aliphatic heterocycles. The largest absolute Gasteiger partial charge is 0.348 e. The Bertz CT molecular complexity index is 732. The minimum absolute atomic E-state index is 0.138. The number of nitrogens with zero attached hydrogens (tertiary/aromatic N) is 4. The summed E-state index contributed by atoms with van der Waals surface area (Å²) in [5, 5.41) is 0.797. The molecule has 24 heavy (non-hydrogen) atoms. The molecule has 0 saturated carbocycles. The molecule has 3 rings (SSSR count). The first kappa shape index (κ1) is 17.0. The molecule has 0 spiro atoms. The van der Waals surface area contributed by atoms with Gasteiger partial charge in [0.25, 0.3) is 0 Å². The monoisotopic (exact) mass is 344 g/mol. The number of rotatable bonds is 4. The first-order chi connectivity index (χ1) is 11.5. The average Bonchev–Trinajstić information content (AvgIpc) is 3.03. The molecule has 6 heteroatoms. The van der Waals surface area contributed by atoms with Gasteiger partial charge in [-0.2, -0.15) is 0 Å². The number of amides is 1. The second kappa shape index (κ2) is 6.97. The Labute approximate surface area is 147 Å². The molecule has 0 saturated heterocycles. The average molecular weight is 344 g/mol. The van der Waals surface area contributed by atoms with Crippen LogP contribution in [0.4, 0.5) is 0 Å². The summed E-state index contributed by atoms with van der Waals surface area (Å²) < 4.78 is 2.23. The van der Waals surface area contributed by atoms with Crippen molar-refractivity contribution in [2.45, 2.75) is 51.4 Å². The van der Waals surface area contributed by atoms with Crippen LogP contribution >= 0.6 is 11.8 Å². The molecule has 0 fully saturated rings. The van der Waals surface area contributed by atoms with Crippen LogP contribution in [0.5, 0.6) is 0 Å². The fraction of sp³-hybridized carbons (Fsp3) is 0.500. The van der Waals surface area contributed by atoms with Crippen molar-refractivity contribution in [3.8, 4) is 0 Å². The SMILES string of the molecule is CSc1nc(C)c(CCC(=O)N2CCn3cccc3[C@H]2C)c(C)n1. The topological polar surface area (TPSA) is 51.0 Å². The van der Waals surface area contributed by atoms with Crippen molar-refractivity contribution in [2.24, 2.45) is 0 Å². The van der Waals surface area contributed by atoms with Gasteiger partial charge in [0.1, 0.15) is 0 Å². The minimum Gasteiger partial charge on any atom is -0.348 e. The molecular weight excluding hydrogens is 320 g/mol. The summed E-state index contributed by atoms with van der Waals surface area (Å²) in [6, 6.07) is 4.29. The van der Waals surface area contributed by atoms with E-state index in [9.17, 15) is 4.79 Å². The Morgan fingerprint density at radius 2 is 2.00 bits per heavy atom. The smallest absolute Gasteiger partial charge is 0.223 e. The molecular formula is C18H24N4OS. The first-order valence-corrected chi connectivity index (χ1v) is 9.56. The van der Waals surface area contributed by atoms with Crippen LogP contribution in [-0.2, 0) is 17.8 Å². The number of aromatic nitrogens is 3. The highest BCUT2D eigenvalue weighted by atomic mass is 32.2. The number of thioether (sulfide) groups is 1. The summed E-state index contributed by atoms with van der Waals surface area (Å²) in [7, 11) is 0. The van der Waals surface area contributed by atoms with Crippen molar-refractivity contribution in [2.75, 3.05) is 12.8 Å². The number of fused-ring (bicyclic) bond motifs is 1. The number of carbonyl (C=O) groups excluding carboxylic acids is 1. The van der Waals surface area contributed by atoms with E-state index < -0.39 is 0 Å². The van der Waals surface area contributed by atoms with Gasteiger partial charge >= 0.3 is 0 Å². The molecule has 1 atom stereocenters. The van der Waals surface area contributed by atoms with E-state index in [0.29, 0.717) is 12.8 Å². The van der Waals surface area contributed by atoms with Crippen LogP contribution in [0, 0.1) is 13.8 Å². The van der Waals surface area contributed by atoms with Crippen molar-refractivity contribution < 1.29 is 4.79 Å². The van der Waals surface area contributed by atoms with Crippen molar-refractivity contribution in [3.63, 3.8) is 0 Å². The predicted octanol–water partition coefficient (Wildman–Crippen LogP) is 3.15. The van der Waals surface area contributed by atoms with Crippen molar-refractivity contribution in [1.29, 1.82) is 0 Å². The minimum atomic E-state index is 0.138. The summed E-state index contributed by atoms with van der Waals surface area (Å²) in [4.78, 5) is 23.7. The third-order valence-electron chi connectivity index (χ3n) is 4.83. The number of hydrogen-bond acceptors (Lipinski definition) is 4. The van der Waals surface area contributed by atoms with Gasteiger partial charge in [0, 0.05) is 42.8 Å². The van der Waals surface area contributed by atoms with Crippen LogP contribution in [0.1, 0.15) is 42.0 Å². The lowest BCUT2D eigenvalue weighted by Gasteiger charge is -2.35. The fourth-order valence-electron chi connectivity index (χ4n) is 3.46. The quantitative estimate of drug-likeness (QED) is 0.631. The zero-order chi connectivity index (χ0) is 17.3. The summed E-state index contributed by atoms with van der Waals surface area (Å²) in [5.41, 5.74) is 4.30. The van der Waals surface area contributed by atoms with Crippen molar-refractivity contribution in [3.05, 3.63) is 41.0 Å². The molecule has 0 bridgehead atoms. The van der Waals surface area contributed by atoms with Crippen LogP contribution in [-0.4, -0.2) is 38.1 Å². The van der Waals surface area contributed by atoms with E-state index in [2.05, 4.69) is 39.8 Å². The van der Waals surface area contributed by atoms with Gasteiger partial charge in [-0.05, 0) is 51.1 Å². The van der Waals surface area contributed by atoms with Gasteiger partial charge in [-0.15, -0.1) is 0 Å².